The molecular weight excluding hydrogens is 482 g/mol. The molecule has 3 amide bonds. The summed E-state index contributed by atoms with van der Waals surface area (Å²) in [5.74, 6) is 0.421. The number of hydrogen-bond donors (Lipinski definition) is 3. The van der Waals surface area contributed by atoms with Crippen LogP contribution in [0.1, 0.15) is 58.9 Å². The predicted octanol–water partition coefficient (Wildman–Crippen LogP) is 4.00. The lowest BCUT2D eigenvalue weighted by Gasteiger charge is -2.43. The van der Waals surface area contributed by atoms with E-state index >= 15 is 0 Å². The van der Waals surface area contributed by atoms with Gasteiger partial charge in [0.05, 0.1) is 12.1 Å². The van der Waals surface area contributed by atoms with E-state index in [0.29, 0.717) is 31.4 Å². The highest BCUT2D eigenvalue weighted by Gasteiger charge is 2.41. The van der Waals surface area contributed by atoms with Crippen molar-refractivity contribution in [2.45, 2.75) is 89.3 Å². The molecule has 1 saturated carbocycles. The van der Waals surface area contributed by atoms with Gasteiger partial charge in [0.2, 0.25) is 5.91 Å². The molecule has 36 heavy (non-hydrogen) atoms. The molecule has 0 saturated heterocycles. The zero-order valence-electron chi connectivity index (χ0n) is 22.2. The van der Waals surface area contributed by atoms with E-state index in [4.69, 9.17) is 14.2 Å². The van der Waals surface area contributed by atoms with Crippen molar-refractivity contribution in [3.63, 3.8) is 0 Å². The molecule has 0 spiro atoms. The second-order valence-corrected chi connectivity index (χ2v) is 11.3. The largest absolute Gasteiger partial charge is 0.445 e. The van der Waals surface area contributed by atoms with E-state index in [1.165, 1.54) is 0 Å². The summed E-state index contributed by atoms with van der Waals surface area (Å²) in [6.07, 6.45) is 2.74. The van der Waals surface area contributed by atoms with E-state index in [1.54, 1.807) is 18.9 Å². The molecule has 0 bridgehead atoms. The van der Waals surface area contributed by atoms with Gasteiger partial charge in [-0.1, -0.05) is 30.3 Å². The number of amides is 3. The summed E-state index contributed by atoms with van der Waals surface area (Å²) < 4.78 is 16.4. The van der Waals surface area contributed by atoms with Crippen LogP contribution in [0.5, 0.6) is 0 Å². The van der Waals surface area contributed by atoms with E-state index in [-0.39, 0.29) is 24.7 Å². The van der Waals surface area contributed by atoms with Gasteiger partial charge >= 0.3 is 12.2 Å². The fourth-order valence-electron chi connectivity index (χ4n) is 4.12. The van der Waals surface area contributed by atoms with Gasteiger partial charge in [0.25, 0.3) is 0 Å². The first-order chi connectivity index (χ1) is 16.9. The van der Waals surface area contributed by atoms with Crippen molar-refractivity contribution in [2.75, 3.05) is 19.1 Å². The van der Waals surface area contributed by atoms with Crippen LogP contribution >= 0.6 is 11.8 Å². The molecule has 1 fully saturated rings. The third kappa shape index (κ3) is 10.3. The van der Waals surface area contributed by atoms with Crippen molar-refractivity contribution in [3.8, 4) is 0 Å². The zero-order valence-corrected chi connectivity index (χ0v) is 23.0. The number of ether oxygens (including phenoxy) is 3. The Bertz CT molecular complexity index is 863. The third-order valence-corrected chi connectivity index (χ3v) is 6.62. The van der Waals surface area contributed by atoms with E-state index < -0.39 is 29.4 Å². The monoisotopic (exact) mass is 523 g/mol. The summed E-state index contributed by atoms with van der Waals surface area (Å²) in [7, 11) is 1.59. The third-order valence-electron chi connectivity index (χ3n) is 5.97. The molecule has 4 atom stereocenters. The summed E-state index contributed by atoms with van der Waals surface area (Å²) in [5, 5.41) is 8.72. The Morgan fingerprint density at radius 3 is 2.47 bits per heavy atom. The maximum Gasteiger partial charge on any atom is 0.408 e. The summed E-state index contributed by atoms with van der Waals surface area (Å²) >= 11 is 1.60. The minimum atomic E-state index is -0.730. The van der Waals surface area contributed by atoms with Crippen LogP contribution in [0.15, 0.2) is 30.3 Å². The predicted molar refractivity (Wildman–Crippen MR) is 141 cm³/mol. The lowest BCUT2D eigenvalue weighted by Crippen LogP contribution is -2.60. The summed E-state index contributed by atoms with van der Waals surface area (Å²) in [6.45, 7) is 7.53. The first-order valence-corrected chi connectivity index (χ1v) is 13.6. The molecular formula is C26H41N3O6S. The number of hydrogen-bond acceptors (Lipinski definition) is 7. The molecule has 1 aromatic rings. The van der Waals surface area contributed by atoms with Crippen LogP contribution < -0.4 is 16.0 Å². The summed E-state index contributed by atoms with van der Waals surface area (Å²) in [4.78, 5) is 37.9. The van der Waals surface area contributed by atoms with Gasteiger partial charge in [-0.15, -0.1) is 0 Å². The standard InChI is InChI=1S/C26H41N3O6S/c1-25(2,3)35-24(32)29-26(4)14-12-19(21(16-26)33-5)27-22(30)20(13-15-36-6)28-23(31)34-17-18-10-8-7-9-11-18/h7-11,19-21H,12-17H2,1-6H3,(H,27,30)(H,28,31)(H,29,32)/t19-,20-,21+,26+/m0/s1. The zero-order chi connectivity index (χ0) is 26.8. The molecule has 0 unspecified atom stereocenters. The lowest BCUT2D eigenvalue weighted by atomic mass is 9.78. The number of methoxy groups -OCH3 is 1. The molecule has 3 N–H and O–H groups in total. The molecule has 10 heteroatoms. The Morgan fingerprint density at radius 2 is 1.86 bits per heavy atom. The van der Waals surface area contributed by atoms with Gasteiger partial charge in [-0.25, -0.2) is 9.59 Å². The highest BCUT2D eigenvalue weighted by atomic mass is 32.2. The Morgan fingerprint density at radius 1 is 1.17 bits per heavy atom. The maximum absolute atomic E-state index is 13.1. The minimum absolute atomic E-state index is 0.126. The van der Waals surface area contributed by atoms with Crippen LogP contribution in [-0.2, 0) is 25.6 Å². The van der Waals surface area contributed by atoms with Crippen molar-refractivity contribution >= 4 is 29.9 Å². The smallest absolute Gasteiger partial charge is 0.408 e. The Balaban J connectivity index is 1.95. The van der Waals surface area contributed by atoms with Gasteiger partial charge in [-0.3, -0.25) is 4.79 Å². The first kappa shape index (κ1) is 29.8. The van der Waals surface area contributed by atoms with Crippen LogP contribution in [0, 0.1) is 0 Å². The fourth-order valence-corrected chi connectivity index (χ4v) is 4.59. The number of alkyl carbamates (subject to hydrolysis) is 2. The second kappa shape index (κ2) is 13.7. The molecule has 0 heterocycles. The number of carbonyl (C=O) groups is 3. The Hall–Kier alpha value is -2.46. The molecule has 202 valence electrons. The van der Waals surface area contributed by atoms with E-state index in [0.717, 1.165) is 5.56 Å². The van der Waals surface area contributed by atoms with Crippen LogP contribution in [0.25, 0.3) is 0 Å². The molecule has 2 rings (SSSR count). The van der Waals surface area contributed by atoms with E-state index in [1.807, 2.05) is 64.3 Å². The van der Waals surface area contributed by atoms with Crippen LogP contribution in [0.2, 0.25) is 0 Å². The van der Waals surface area contributed by atoms with Gasteiger partial charge in [-0.05, 0) is 71.0 Å². The topological polar surface area (TPSA) is 115 Å². The van der Waals surface area contributed by atoms with Gasteiger partial charge in [0, 0.05) is 12.6 Å². The van der Waals surface area contributed by atoms with Gasteiger partial charge in [0.15, 0.2) is 0 Å². The molecule has 9 nitrogen and oxygen atoms in total. The van der Waals surface area contributed by atoms with E-state index in [2.05, 4.69) is 16.0 Å². The van der Waals surface area contributed by atoms with Crippen molar-refractivity contribution in [1.29, 1.82) is 0 Å². The second-order valence-electron chi connectivity index (χ2n) is 10.4. The van der Waals surface area contributed by atoms with Gasteiger partial charge < -0.3 is 30.2 Å². The first-order valence-electron chi connectivity index (χ1n) is 12.2. The van der Waals surface area contributed by atoms with Gasteiger partial charge in [-0.2, -0.15) is 11.8 Å². The quantitative estimate of drug-likeness (QED) is 0.425. The van der Waals surface area contributed by atoms with Crippen molar-refractivity contribution < 1.29 is 28.6 Å². The molecule has 1 aromatic carbocycles. The normalized spacial score (nSPS) is 22.7. The van der Waals surface area contributed by atoms with E-state index in [9.17, 15) is 14.4 Å². The van der Waals surface area contributed by atoms with Crippen LogP contribution in [0.3, 0.4) is 0 Å². The molecule has 1 aliphatic rings. The average Bonchev–Trinajstić information content (AvgIpc) is 2.80. The Labute approximate surface area is 218 Å². The number of rotatable bonds is 10. The van der Waals surface area contributed by atoms with Crippen molar-refractivity contribution in [3.05, 3.63) is 35.9 Å². The summed E-state index contributed by atoms with van der Waals surface area (Å²) in [6, 6.07) is 8.38. The Kier molecular flexibility index (Phi) is 11.4. The highest BCUT2D eigenvalue weighted by molar-refractivity contribution is 7.98. The van der Waals surface area contributed by atoms with Crippen LogP contribution in [0.4, 0.5) is 9.59 Å². The maximum atomic E-state index is 13.1. The fraction of sp³-hybridized carbons (Fsp3) is 0.654. The molecule has 1 aliphatic carbocycles. The SMILES string of the molecule is CO[C@@H]1C[C@](C)(NC(=O)OC(C)(C)C)CC[C@@H]1NC(=O)[C@H](CCSC)NC(=O)OCc1ccccc1. The minimum Gasteiger partial charge on any atom is -0.445 e. The van der Waals surface area contributed by atoms with Crippen LogP contribution in [-0.4, -0.2) is 66.5 Å². The van der Waals surface area contributed by atoms with Crippen molar-refractivity contribution in [1.82, 2.24) is 16.0 Å². The summed E-state index contributed by atoms with van der Waals surface area (Å²) in [5.41, 5.74) is -0.249. The lowest BCUT2D eigenvalue weighted by molar-refractivity contribution is -0.125. The number of nitrogens with one attached hydrogen (secondary N) is 3. The molecule has 0 aromatic heterocycles. The number of thioether (sulfide) groups is 1. The number of benzene rings is 1. The number of carbonyl (C=O) groups excluding carboxylic acids is 3. The highest BCUT2D eigenvalue weighted by Crippen LogP contribution is 2.30. The average molecular weight is 524 g/mol. The molecule has 0 aliphatic heterocycles. The van der Waals surface area contributed by atoms with Crippen molar-refractivity contribution in [2.24, 2.45) is 0 Å². The molecule has 0 radical (unpaired) electrons. The van der Waals surface area contributed by atoms with Gasteiger partial charge in [0.1, 0.15) is 18.2 Å².